The summed E-state index contributed by atoms with van der Waals surface area (Å²) in [5.41, 5.74) is 0. The van der Waals surface area contributed by atoms with Gasteiger partial charge in [0.05, 0.1) is 10.9 Å². The van der Waals surface area contributed by atoms with Gasteiger partial charge in [-0.05, 0) is 56.5 Å². The SMILES string of the molecule is Cl.O=C(C1CCCCN1)N1CCC(NS(=O)(=O)c2ccc(F)cc2)CC1. The molecule has 2 aliphatic rings. The first kappa shape index (κ1) is 21.1. The summed E-state index contributed by atoms with van der Waals surface area (Å²) < 4.78 is 40.3. The molecule has 6 nitrogen and oxygen atoms in total. The lowest BCUT2D eigenvalue weighted by molar-refractivity contribution is -0.135. The van der Waals surface area contributed by atoms with Crippen LogP contribution in [0.15, 0.2) is 29.2 Å². The number of carbonyl (C=O) groups excluding carboxylic acids is 1. The van der Waals surface area contributed by atoms with Gasteiger partial charge in [-0.3, -0.25) is 4.79 Å². The Morgan fingerprint density at radius 3 is 2.35 bits per heavy atom. The fourth-order valence-electron chi connectivity index (χ4n) is 3.40. The largest absolute Gasteiger partial charge is 0.341 e. The first-order valence-corrected chi connectivity index (χ1v) is 10.2. The predicted octanol–water partition coefficient (Wildman–Crippen LogP) is 1.66. The fraction of sp³-hybridized carbons (Fsp3) is 0.588. The Bertz CT molecular complexity index is 700. The molecule has 2 saturated heterocycles. The van der Waals surface area contributed by atoms with Gasteiger partial charge >= 0.3 is 0 Å². The molecule has 0 saturated carbocycles. The molecular weight excluding hydrogens is 381 g/mol. The zero-order chi connectivity index (χ0) is 17.9. The van der Waals surface area contributed by atoms with Gasteiger partial charge in [0.1, 0.15) is 5.82 Å². The van der Waals surface area contributed by atoms with Crippen LogP contribution in [0.4, 0.5) is 4.39 Å². The van der Waals surface area contributed by atoms with E-state index in [9.17, 15) is 17.6 Å². The third-order valence-electron chi connectivity index (χ3n) is 4.86. The second-order valence-corrected chi connectivity index (χ2v) is 8.39. The summed E-state index contributed by atoms with van der Waals surface area (Å²) in [7, 11) is -3.67. The van der Waals surface area contributed by atoms with Crippen molar-refractivity contribution in [3.63, 3.8) is 0 Å². The molecular formula is C17H25ClFN3O3S. The van der Waals surface area contributed by atoms with E-state index in [0.29, 0.717) is 25.9 Å². The summed E-state index contributed by atoms with van der Waals surface area (Å²) in [6.07, 6.45) is 4.21. The summed E-state index contributed by atoms with van der Waals surface area (Å²) in [5.74, 6) is -0.346. The van der Waals surface area contributed by atoms with E-state index in [2.05, 4.69) is 10.0 Å². The highest BCUT2D eigenvalue weighted by atomic mass is 35.5. The van der Waals surface area contributed by atoms with Crippen molar-refractivity contribution in [2.24, 2.45) is 0 Å². The highest BCUT2D eigenvalue weighted by molar-refractivity contribution is 7.89. The van der Waals surface area contributed by atoms with Gasteiger partial charge in [-0.1, -0.05) is 6.42 Å². The Morgan fingerprint density at radius 2 is 1.77 bits per heavy atom. The molecule has 0 aliphatic carbocycles. The molecule has 3 rings (SSSR count). The van der Waals surface area contributed by atoms with Crippen LogP contribution < -0.4 is 10.0 Å². The number of sulfonamides is 1. The molecule has 1 atom stereocenters. The van der Waals surface area contributed by atoms with Gasteiger partial charge in [0, 0.05) is 19.1 Å². The maximum atomic E-state index is 12.9. The second-order valence-electron chi connectivity index (χ2n) is 6.68. The average Bonchev–Trinajstić information content (AvgIpc) is 2.62. The number of halogens is 2. The van der Waals surface area contributed by atoms with E-state index in [1.807, 2.05) is 4.90 Å². The average molecular weight is 406 g/mol. The van der Waals surface area contributed by atoms with Gasteiger partial charge in [0.25, 0.3) is 0 Å². The molecule has 2 aliphatic heterocycles. The lowest BCUT2D eigenvalue weighted by atomic mass is 10.0. The molecule has 0 spiro atoms. The van der Waals surface area contributed by atoms with Gasteiger partial charge in [-0.25, -0.2) is 17.5 Å². The van der Waals surface area contributed by atoms with E-state index in [-0.39, 0.29) is 35.3 Å². The zero-order valence-corrected chi connectivity index (χ0v) is 16.1. The van der Waals surface area contributed by atoms with Gasteiger partial charge < -0.3 is 10.2 Å². The van der Waals surface area contributed by atoms with Crippen LogP contribution in [-0.2, 0) is 14.8 Å². The maximum Gasteiger partial charge on any atom is 0.240 e. The van der Waals surface area contributed by atoms with Crippen LogP contribution in [0.3, 0.4) is 0 Å². The number of nitrogens with one attached hydrogen (secondary N) is 2. The highest BCUT2D eigenvalue weighted by Gasteiger charge is 2.30. The van der Waals surface area contributed by atoms with Crippen molar-refractivity contribution in [1.29, 1.82) is 0 Å². The lowest BCUT2D eigenvalue weighted by Gasteiger charge is -2.35. The fourth-order valence-corrected chi connectivity index (χ4v) is 4.71. The van der Waals surface area contributed by atoms with Crippen LogP contribution in [0.1, 0.15) is 32.1 Å². The molecule has 9 heteroatoms. The molecule has 1 amide bonds. The first-order valence-electron chi connectivity index (χ1n) is 8.76. The first-order chi connectivity index (χ1) is 12.0. The van der Waals surface area contributed by atoms with Gasteiger partial charge in [0.2, 0.25) is 15.9 Å². The molecule has 2 N–H and O–H groups in total. The summed E-state index contributed by atoms with van der Waals surface area (Å²) in [6, 6.07) is 4.47. The maximum absolute atomic E-state index is 12.9. The minimum absolute atomic E-state index is 0. The molecule has 0 radical (unpaired) electrons. The summed E-state index contributed by atoms with van der Waals surface area (Å²) >= 11 is 0. The number of piperidine rings is 2. The van der Waals surface area contributed by atoms with E-state index in [1.165, 1.54) is 12.1 Å². The number of hydrogen-bond acceptors (Lipinski definition) is 4. The molecule has 2 heterocycles. The number of hydrogen-bond donors (Lipinski definition) is 2. The van der Waals surface area contributed by atoms with Crippen LogP contribution in [0, 0.1) is 5.82 Å². The molecule has 1 aromatic rings. The van der Waals surface area contributed by atoms with Crippen molar-refractivity contribution in [1.82, 2.24) is 14.9 Å². The normalized spacial score (nSPS) is 21.9. The Kier molecular flexibility index (Phi) is 7.40. The molecule has 0 bridgehead atoms. The molecule has 2 fully saturated rings. The zero-order valence-electron chi connectivity index (χ0n) is 14.5. The van der Waals surface area contributed by atoms with Gasteiger partial charge in [-0.15, -0.1) is 12.4 Å². The minimum Gasteiger partial charge on any atom is -0.341 e. The summed E-state index contributed by atoms with van der Waals surface area (Å²) in [6.45, 7) is 1.98. The number of carbonyl (C=O) groups is 1. The van der Waals surface area contributed by atoms with E-state index in [4.69, 9.17) is 0 Å². The standard InChI is InChI=1S/C17H24FN3O3S.ClH/c18-13-4-6-15(7-5-13)25(23,24)20-14-8-11-21(12-9-14)17(22)16-3-1-2-10-19-16;/h4-7,14,16,19-20H,1-3,8-12H2;1H. The minimum atomic E-state index is -3.67. The van der Waals surface area contributed by atoms with E-state index in [1.54, 1.807) is 0 Å². The van der Waals surface area contributed by atoms with Crippen LogP contribution >= 0.6 is 12.4 Å². The monoisotopic (exact) mass is 405 g/mol. The number of amides is 1. The number of likely N-dealkylation sites (tertiary alicyclic amines) is 1. The smallest absolute Gasteiger partial charge is 0.240 e. The van der Waals surface area contributed by atoms with Crippen LogP contribution in [0.2, 0.25) is 0 Å². The van der Waals surface area contributed by atoms with Crippen molar-refractivity contribution >= 4 is 28.3 Å². The lowest BCUT2D eigenvalue weighted by Crippen LogP contribution is -2.53. The van der Waals surface area contributed by atoms with Crippen LogP contribution in [-0.4, -0.2) is 50.9 Å². The Labute approximate surface area is 160 Å². The van der Waals surface area contributed by atoms with E-state index in [0.717, 1.165) is 37.9 Å². The Morgan fingerprint density at radius 1 is 1.12 bits per heavy atom. The third kappa shape index (κ3) is 5.16. The second kappa shape index (κ2) is 9.12. The van der Waals surface area contributed by atoms with E-state index < -0.39 is 15.8 Å². The van der Waals surface area contributed by atoms with Crippen molar-refractivity contribution in [3.8, 4) is 0 Å². The van der Waals surface area contributed by atoms with Gasteiger partial charge in [0.15, 0.2) is 0 Å². The molecule has 26 heavy (non-hydrogen) atoms. The third-order valence-corrected chi connectivity index (χ3v) is 6.40. The molecule has 0 aromatic heterocycles. The van der Waals surface area contributed by atoms with Crippen molar-refractivity contribution in [2.45, 2.75) is 49.1 Å². The summed E-state index contributed by atoms with van der Waals surface area (Å²) in [4.78, 5) is 14.4. The topological polar surface area (TPSA) is 78.5 Å². The molecule has 1 unspecified atom stereocenters. The highest BCUT2D eigenvalue weighted by Crippen LogP contribution is 2.18. The Balaban J connectivity index is 0.00000243. The van der Waals surface area contributed by atoms with Crippen molar-refractivity contribution < 1.29 is 17.6 Å². The van der Waals surface area contributed by atoms with Gasteiger partial charge in [-0.2, -0.15) is 0 Å². The number of benzene rings is 1. The summed E-state index contributed by atoms with van der Waals surface area (Å²) in [5, 5.41) is 3.26. The quantitative estimate of drug-likeness (QED) is 0.798. The predicted molar refractivity (Wildman–Crippen MR) is 99.2 cm³/mol. The molecule has 146 valence electrons. The Hall–Kier alpha value is -1.22. The number of nitrogens with zero attached hydrogens (tertiary/aromatic N) is 1. The van der Waals surface area contributed by atoms with Crippen LogP contribution in [0.25, 0.3) is 0 Å². The van der Waals surface area contributed by atoms with Crippen LogP contribution in [0.5, 0.6) is 0 Å². The van der Waals surface area contributed by atoms with Crippen molar-refractivity contribution in [2.75, 3.05) is 19.6 Å². The van der Waals surface area contributed by atoms with Crippen molar-refractivity contribution in [3.05, 3.63) is 30.1 Å². The molecule has 1 aromatic carbocycles. The van der Waals surface area contributed by atoms with E-state index >= 15 is 0 Å². The number of rotatable bonds is 4.